The monoisotopic (exact) mass is 288 g/mol. The van der Waals surface area contributed by atoms with Crippen LogP contribution in [0, 0.1) is 13.8 Å². The van der Waals surface area contributed by atoms with Crippen LogP contribution in [0.4, 0.5) is 0 Å². The Morgan fingerprint density at radius 1 is 1.14 bits per heavy atom. The van der Waals surface area contributed by atoms with Crippen molar-refractivity contribution in [2.75, 3.05) is 19.6 Å². The summed E-state index contributed by atoms with van der Waals surface area (Å²) in [5.41, 5.74) is 4.37. The molecule has 1 saturated heterocycles. The number of nitrogens with one attached hydrogen (secondary N) is 1. The van der Waals surface area contributed by atoms with Crippen molar-refractivity contribution < 1.29 is 0 Å². The van der Waals surface area contributed by atoms with Gasteiger partial charge in [0.05, 0.1) is 6.04 Å². The predicted molar refractivity (Wildman–Crippen MR) is 91.8 cm³/mol. The zero-order chi connectivity index (χ0) is 15.5. The first kappa shape index (κ1) is 16.5. The van der Waals surface area contributed by atoms with Crippen molar-refractivity contribution in [3.63, 3.8) is 0 Å². The summed E-state index contributed by atoms with van der Waals surface area (Å²) in [5, 5.41) is 3.81. The zero-order valence-electron chi connectivity index (χ0n) is 14.5. The van der Waals surface area contributed by atoms with Crippen molar-refractivity contribution >= 4 is 0 Å². The van der Waals surface area contributed by atoms with E-state index in [1.165, 1.54) is 49.0 Å². The minimum Gasteiger partial charge on any atom is -0.308 e. The Morgan fingerprint density at radius 2 is 1.81 bits per heavy atom. The fourth-order valence-electron chi connectivity index (χ4n) is 3.48. The lowest BCUT2D eigenvalue weighted by Crippen LogP contribution is -2.51. The van der Waals surface area contributed by atoms with Gasteiger partial charge in [-0.15, -0.1) is 0 Å². The summed E-state index contributed by atoms with van der Waals surface area (Å²) in [6.07, 6.45) is 3.87. The van der Waals surface area contributed by atoms with Crippen LogP contribution in [0.3, 0.4) is 0 Å². The highest BCUT2D eigenvalue weighted by atomic mass is 15.2. The maximum atomic E-state index is 3.81. The van der Waals surface area contributed by atoms with Crippen LogP contribution in [0.2, 0.25) is 0 Å². The van der Waals surface area contributed by atoms with Crippen molar-refractivity contribution in [2.24, 2.45) is 0 Å². The summed E-state index contributed by atoms with van der Waals surface area (Å²) in [6, 6.07) is 7.36. The topological polar surface area (TPSA) is 15.3 Å². The van der Waals surface area contributed by atoms with E-state index in [0.717, 1.165) is 6.54 Å². The zero-order valence-corrected chi connectivity index (χ0v) is 14.5. The van der Waals surface area contributed by atoms with Crippen LogP contribution < -0.4 is 5.32 Å². The van der Waals surface area contributed by atoms with Gasteiger partial charge in [-0.25, -0.2) is 0 Å². The summed E-state index contributed by atoms with van der Waals surface area (Å²) in [4.78, 5) is 2.66. The molecule has 1 unspecified atom stereocenters. The molecule has 1 aromatic rings. The molecule has 0 aliphatic carbocycles. The molecule has 21 heavy (non-hydrogen) atoms. The molecule has 1 heterocycles. The van der Waals surface area contributed by atoms with Gasteiger partial charge in [0, 0.05) is 5.54 Å². The van der Waals surface area contributed by atoms with Crippen LogP contribution in [-0.4, -0.2) is 30.1 Å². The third-order valence-corrected chi connectivity index (χ3v) is 5.09. The van der Waals surface area contributed by atoms with Crippen LogP contribution in [-0.2, 0) is 0 Å². The van der Waals surface area contributed by atoms with Gasteiger partial charge in [-0.3, -0.25) is 4.90 Å². The third kappa shape index (κ3) is 3.67. The molecule has 2 nitrogen and oxygen atoms in total. The quantitative estimate of drug-likeness (QED) is 0.843. The standard InChI is InChI=1S/C19H32N2/c1-6-11-20-18(17-10-9-15(2)16(3)14-17)19(4,5)21-12-7-8-13-21/h9-10,14,18,20H,6-8,11-13H2,1-5H3. The molecule has 1 aliphatic heterocycles. The summed E-state index contributed by atoms with van der Waals surface area (Å²) in [5.74, 6) is 0. The first-order chi connectivity index (χ1) is 9.96. The van der Waals surface area contributed by atoms with Gasteiger partial charge >= 0.3 is 0 Å². The van der Waals surface area contributed by atoms with Crippen LogP contribution in [0.25, 0.3) is 0 Å². The summed E-state index contributed by atoms with van der Waals surface area (Å²) in [6.45, 7) is 15.0. The van der Waals surface area contributed by atoms with Crippen molar-refractivity contribution in [2.45, 2.75) is 65.5 Å². The van der Waals surface area contributed by atoms with Gasteiger partial charge in [0.15, 0.2) is 0 Å². The van der Waals surface area contributed by atoms with Crippen LogP contribution in [0.15, 0.2) is 18.2 Å². The van der Waals surface area contributed by atoms with Gasteiger partial charge in [-0.05, 0) is 83.3 Å². The van der Waals surface area contributed by atoms with Crippen molar-refractivity contribution in [1.82, 2.24) is 10.2 Å². The van der Waals surface area contributed by atoms with E-state index in [0.29, 0.717) is 6.04 Å². The highest BCUT2D eigenvalue weighted by molar-refractivity contribution is 5.33. The fraction of sp³-hybridized carbons (Fsp3) is 0.684. The summed E-state index contributed by atoms with van der Waals surface area (Å²) < 4.78 is 0. The average Bonchev–Trinajstić information content (AvgIpc) is 2.97. The summed E-state index contributed by atoms with van der Waals surface area (Å²) >= 11 is 0. The van der Waals surface area contributed by atoms with Crippen LogP contribution >= 0.6 is 0 Å². The van der Waals surface area contributed by atoms with E-state index in [-0.39, 0.29) is 5.54 Å². The average molecular weight is 288 g/mol. The Hall–Kier alpha value is -0.860. The Morgan fingerprint density at radius 3 is 2.38 bits per heavy atom. The third-order valence-electron chi connectivity index (χ3n) is 5.09. The van der Waals surface area contributed by atoms with Gasteiger partial charge in [-0.1, -0.05) is 25.1 Å². The highest BCUT2D eigenvalue weighted by Crippen LogP contribution is 2.34. The van der Waals surface area contributed by atoms with E-state index in [2.05, 4.69) is 63.0 Å². The minimum absolute atomic E-state index is 0.160. The van der Waals surface area contributed by atoms with E-state index in [9.17, 15) is 0 Å². The predicted octanol–water partition coefficient (Wildman–Crippen LogP) is 4.22. The number of hydrogen-bond acceptors (Lipinski definition) is 2. The van der Waals surface area contributed by atoms with Crippen molar-refractivity contribution in [3.05, 3.63) is 34.9 Å². The first-order valence-electron chi connectivity index (χ1n) is 8.52. The molecule has 1 atom stereocenters. The summed E-state index contributed by atoms with van der Waals surface area (Å²) in [7, 11) is 0. The molecule has 1 N–H and O–H groups in total. The smallest absolute Gasteiger partial charge is 0.0501 e. The first-order valence-corrected chi connectivity index (χ1v) is 8.52. The number of likely N-dealkylation sites (tertiary alicyclic amines) is 1. The highest BCUT2D eigenvalue weighted by Gasteiger charge is 2.37. The molecule has 0 amide bonds. The molecule has 0 radical (unpaired) electrons. The molecular formula is C19H32N2. The number of hydrogen-bond donors (Lipinski definition) is 1. The molecule has 2 heteroatoms. The van der Waals surface area contributed by atoms with E-state index in [1.807, 2.05) is 0 Å². The molecule has 0 saturated carbocycles. The van der Waals surface area contributed by atoms with E-state index >= 15 is 0 Å². The second kappa shape index (κ2) is 6.93. The molecular weight excluding hydrogens is 256 g/mol. The SMILES string of the molecule is CCCNC(c1ccc(C)c(C)c1)C(C)(C)N1CCCC1. The van der Waals surface area contributed by atoms with Crippen LogP contribution in [0.5, 0.6) is 0 Å². The molecule has 118 valence electrons. The molecule has 0 aromatic heterocycles. The number of benzene rings is 1. The normalized spacial score (nSPS) is 18.1. The largest absolute Gasteiger partial charge is 0.308 e. The minimum atomic E-state index is 0.160. The number of nitrogens with zero attached hydrogens (tertiary/aromatic N) is 1. The lowest BCUT2D eigenvalue weighted by molar-refractivity contribution is 0.107. The maximum absolute atomic E-state index is 3.81. The molecule has 1 fully saturated rings. The van der Waals surface area contributed by atoms with E-state index in [1.54, 1.807) is 0 Å². The lowest BCUT2D eigenvalue weighted by atomic mass is 9.85. The Labute approximate surface area is 130 Å². The fourth-order valence-corrected chi connectivity index (χ4v) is 3.48. The molecule has 1 aromatic carbocycles. The van der Waals surface area contributed by atoms with Gasteiger partial charge in [0.25, 0.3) is 0 Å². The molecule has 0 spiro atoms. The molecule has 2 rings (SSSR count). The maximum Gasteiger partial charge on any atom is 0.0501 e. The van der Waals surface area contributed by atoms with Crippen molar-refractivity contribution in [3.8, 4) is 0 Å². The van der Waals surface area contributed by atoms with E-state index in [4.69, 9.17) is 0 Å². The number of aryl methyl sites for hydroxylation is 2. The van der Waals surface area contributed by atoms with Gasteiger partial charge in [0.2, 0.25) is 0 Å². The Bertz CT molecular complexity index is 459. The van der Waals surface area contributed by atoms with Gasteiger partial charge in [-0.2, -0.15) is 0 Å². The molecule has 1 aliphatic rings. The van der Waals surface area contributed by atoms with Gasteiger partial charge < -0.3 is 5.32 Å². The lowest BCUT2D eigenvalue weighted by Gasteiger charge is -2.43. The van der Waals surface area contributed by atoms with Crippen molar-refractivity contribution in [1.29, 1.82) is 0 Å². The van der Waals surface area contributed by atoms with Crippen LogP contribution in [0.1, 0.15) is 62.8 Å². The Balaban J connectivity index is 2.29. The molecule has 0 bridgehead atoms. The number of rotatable bonds is 6. The Kier molecular flexibility index (Phi) is 5.45. The van der Waals surface area contributed by atoms with Gasteiger partial charge in [0.1, 0.15) is 0 Å². The second-order valence-corrected chi connectivity index (χ2v) is 7.08. The second-order valence-electron chi connectivity index (χ2n) is 7.08. The van der Waals surface area contributed by atoms with E-state index < -0.39 is 0 Å².